The number of nitrogens with zero attached hydrogens (tertiary/aromatic N) is 3. The van der Waals surface area contributed by atoms with Crippen LogP contribution in [0.2, 0.25) is 0 Å². The lowest BCUT2D eigenvalue weighted by Gasteiger charge is -2.27. The maximum atomic E-state index is 11.6. The van der Waals surface area contributed by atoms with Crippen LogP contribution in [-0.4, -0.2) is 51.8 Å². The van der Waals surface area contributed by atoms with E-state index in [0.29, 0.717) is 44.2 Å². The fraction of sp³-hybridized carbons (Fsp3) is 0.500. The van der Waals surface area contributed by atoms with Crippen molar-refractivity contribution in [2.75, 3.05) is 25.5 Å². The third-order valence-corrected chi connectivity index (χ3v) is 4.97. The van der Waals surface area contributed by atoms with Gasteiger partial charge in [-0.15, -0.1) is 0 Å². The predicted octanol–water partition coefficient (Wildman–Crippen LogP) is 1.96. The Bertz CT molecular complexity index is 1060. The van der Waals surface area contributed by atoms with Gasteiger partial charge in [0.25, 0.3) is 0 Å². The summed E-state index contributed by atoms with van der Waals surface area (Å²) in [6.07, 6.45) is 0. The summed E-state index contributed by atoms with van der Waals surface area (Å²) in [5, 5.41) is 3.74. The topological polar surface area (TPSA) is 130 Å². The van der Waals surface area contributed by atoms with Crippen molar-refractivity contribution in [3.63, 3.8) is 0 Å². The van der Waals surface area contributed by atoms with E-state index >= 15 is 0 Å². The van der Waals surface area contributed by atoms with Gasteiger partial charge in [-0.3, -0.25) is 4.79 Å². The molecular formula is C22H32N6O3. The summed E-state index contributed by atoms with van der Waals surface area (Å²) in [5.74, 6) is 0.960. The van der Waals surface area contributed by atoms with E-state index in [1.165, 1.54) is 0 Å². The molecule has 0 spiro atoms. The fourth-order valence-electron chi connectivity index (χ4n) is 3.47. The van der Waals surface area contributed by atoms with Crippen LogP contribution in [0.1, 0.15) is 33.5 Å². The van der Waals surface area contributed by atoms with Crippen molar-refractivity contribution in [2.45, 2.75) is 52.5 Å². The van der Waals surface area contributed by atoms with E-state index in [-0.39, 0.29) is 5.91 Å². The summed E-state index contributed by atoms with van der Waals surface area (Å²) < 4.78 is 13.9. The van der Waals surface area contributed by atoms with Crippen molar-refractivity contribution >= 4 is 33.7 Å². The highest BCUT2D eigenvalue weighted by Gasteiger charge is 2.25. The van der Waals surface area contributed by atoms with Crippen LogP contribution in [-0.2, 0) is 27.4 Å². The van der Waals surface area contributed by atoms with Gasteiger partial charge in [-0.1, -0.05) is 18.2 Å². The molecule has 0 saturated heterocycles. The molecule has 0 radical (unpaired) electrons. The normalized spacial score (nSPS) is 13.1. The first-order valence-corrected chi connectivity index (χ1v) is 10.5. The molecule has 0 bridgehead atoms. The zero-order valence-electron chi connectivity index (χ0n) is 18.6. The molecule has 3 rings (SSSR count). The SMILES string of the molecule is CCOCc1nc2c(N)nc3ccccc3c2n1CC(C)(C)OCCNC(=O)C(C)N. The van der Waals surface area contributed by atoms with Gasteiger partial charge in [0.05, 0.1) is 35.8 Å². The number of hydrogen-bond donors (Lipinski definition) is 3. The van der Waals surface area contributed by atoms with Gasteiger partial charge in [0.1, 0.15) is 17.9 Å². The lowest BCUT2D eigenvalue weighted by atomic mass is 10.1. The van der Waals surface area contributed by atoms with Gasteiger partial charge in [-0.25, -0.2) is 9.97 Å². The monoisotopic (exact) mass is 428 g/mol. The maximum Gasteiger partial charge on any atom is 0.236 e. The number of aromatic nitrogens is 3. The molecule has 9 heteroatoms. The van der Waals surface area contributed by atoms with Crippen LogP contribution < -0.4 is 16.8 Å². The van der Waals surface area contributed by atoms with Gasteiger partial charge in [-0.2, -0.15) is 0 Å². The number of carbonyl (C=O) groups is 1. The van der Waals surface area contributed by atoms with E-state index in [1.54, 1.807) is 6.92 Å². The van der Waals surface area contributed by atoms with Crippen molar-refractivity contribution in [3.8, 4) is 0 Å². The largest absolute Gasteiger partial charge is 0.382 e. The molecule has 31 heavy (non-hydrogen) atoms. The summed E-state index contributed by atoms with van der Waals surface area (Å²) >= 11 is 0. The number of rotatable bonds is 10. The molecule has 168 valence electrons. The standard InChI is InChI=1S/C22H32N6O3/c1-5-30-12-17-27-18-19(15-8-6-7-9-16(15)26-20(18)24)28(17)13-22(3,4)31-11-10-25-21(29)14(2)23/h6-9,14H,5,10-13,23H2,1-4H3,(H2,24,26)(H,25,29). The van der Waals surface area contributed by atoms with Crippen molar-refractivity contribution in [3.05, 3.63) is 30.1 Å². The molecule has 9 nitrogen and oxygen atoms in total. The highest BCUT2D eigenvalue weighted by Crippen LogP contribution is 2.30. The molecule has 0 aliphatic carbocycles. The van der Waals surface area contributed by atoms with Crippen molar-refractivity contribution in [2.24, 2.45) is 5.73 Å². The molecule has 1 aromatic carbocycles. The van der Waals surface area contributed by atoms with Crippen LogP contribution in [0.5, 0.6) is 0 Å². The number of nitrogens with two attached hydrogens (primary N) is 2. The van der Waals surface area contributed by atoms with E-state index in [2.05, 4.69) is 14.9 Å². The quantitative estimate of drug-likeness (QED) is 0.421. The third kappa shape index (κ3) is 5.30. The molecule has 3 aromatic rings. The second-order valence-corrected chi connectivity index (χ2v) is 8.15. The number of para-hydroxylation sites is 1. The Labute approximate surface area is 182 Å². The number of ether oxygens (including phenoxy) is 2. The Morgan fingerprint density at radius 3 is 2.74 bits per heavy atom. The van der Waals surface area contributed by atoms with E-state index in [1.807, 2.05) is 45.0 Å². The molecular weight excluding hydrogens is 396 g/mol. The average Bonchev–Trinajstić information content (AvgIpc) is 3.08. The Morgan fingerprint density at radius 2 is 2.03 bits per heavy atom. The second-order valence-electron chi connectivity index (χ2n) is 8.15. The summed E-state index contributed by atoms with van der Waals surface area (Å²) in [5.41, 5.74) is 13.7. The van der Waals surface area contributed by atoms with Gasteiger partial charge >= 0.3 is 0 Å². The molecule has 0 aliphatic rings. The lowest BCUT2D eigenvalue weighted by molar-refractivity contribution is -0.122. The van der Waals surface area contributed by atoms with E-state index in [0.717, 1.165) is 22.2 Å². The number of benzene rings is 1. The summed E-state index contributed by atoms with van der Waals surface area (Å²) in [7, 11) is 0. The average molecular weight is 429 g/mol. The van der Waals surface area contributed by atoms with Gasteiger partial charge in [0.15, 0.2) is 5.82 Å². The van der Waals surface area contributed by atoms with Gasteiger partial charge < -0.3 is 30.8 Å². The molecule has 2 heterocycles. The number of nitrogen functional groups attached to an aromatic ring is 1. The van der Waals surface area contributed by atoms with Crippen LogP contribution in [0, 0.1) is 0 Å². The number of carbonyl (C=O) groups excluding carboxylic acids is 1. The number of anilines is 1. The van der Waals surface area contributed by atoms with Crippen LogP contribution in [0.4, 0.5) is 5.82 Å². The minimum Gasteiger partial charge on any atom is -0.382 e. The van der Waals surface area contributed by atoms with Gasteiger partial charge in [-0.05, 0) is 33.8 Å². The fourth-order valence-corrected chi connectivity index (χ4v) is 3.47. The molecule has 0 saturated carbocycles. The first-order valence-electron chi connectivity index (χ1n) is 10.5. The summed E-state index contributed by atoms with van der Waals surface area (Å²) in [6, 6.07) is 7.32. The number of amides is 1. The number of fused-ring (bicyclic) bond motifs is 3. The van der Waals surface area contributed by atoms with Crippen molar-refractivity contribution < 1.29 is 14.3 Å². The van der Waals surface area contributed by atoms with Gasteiger partial charge in [0, 0.05) is 18.5 Å². The summed E-state index contributed by atoms with van der Waals surface area (Å²) in [4.78, 5) is 20.9. The predicted molar refractivity (Wildman–Crippen MR) is 121 cm³/mol. The Kier molecular flexibility index (Phi) is 7.09. The minimum atomic E-state index is -0.543. The third-order valence-electron chi connectivity index (χ3n) is 4.97. The first-order chi connectivity index (χ1) is 14.7. The molecule has 5 N–H and O–H groups in total. The van der Waals surface area contributed by atoms with Crippen molar-refractivity contribution in [1.29, 1.82) is 0 Å². The number of pyridine rings is 1. The van der Waals surface area contributed by atoms with Crippen LogP contribution in [0.25, 0.3) is 21.9 Å². The Balaban J connectivity index is 1.91. The zero-order chi connectivity index (χ0) is 22.6. The van der Waals surface area contributed by atoms with Crippen LogP contribution >= 0.6 is 0 Å². The van der Waals surface area contributed by atoms with E-state index < -0.39 is 11.6 Å². The molecule has 1 amide bonds. The zero-order valence-corrected chi connectivity index (χ0v) is 18.6. The highest BCUT2D eigenvalue weighted by atomic mass is 16.5. The highest BCUT2D eigenvalue weighted by molar-refractivity contribution is 6.06. The number of hydrogen-bond acceptors (Lipinski definition) is 7. The molecule has 2 aromatic heterocycles. The lowest BCUT2D eigenvalue weighted by Crippen LogP contribution is -2.41. The molecule has 0 fully saturated rings. The molecule has 0 aliphatic heterocycles. The van der Waals surface area contributed by atoms with E-state index in [4.69, 9.17) is 25.9 Å². The minimum absolute atomic E-state index is 0.199. The summed E-state index contributed by atoms with van der Waals surface area (Å²) in [6.45, 7) is 9.82. The van der Waals surface area contributed by atoms with Crippen LogP contribution in [0.15, 0.2) is 24.3 Å². The van der Waals surface area contributed by atoms with E-state index in [9.17, 15) is 4.79 Å². The smallest absolute Gasteiger partial charge is 0.236 e. The van der Waals surface area contributed by atoms with Crippen molar-refractivity contribution in [1.82, 2.24) is 19.9 Å². The molecule has 1 atom stereocenters. The Morgan fingerprint density at radius 1 is 1.29 bits per heavy atom. The maximum absolute atomic E-state index is 11.6. The van der Waals surface area contributed by atoms with Crippen LogP contribution in [0.3, 0.4) is 0 Å². The first kappa shape index (κ1) is 22.9. The molecule has 1 unspecified atom stereocenters. The number of nitrogens with one attached hydrogen (secondary N) is 1. The number of imidazole rings is 1. The Hall–Kier alpha value is -2.75. The second kappa shape index (κ2) is 9.59. The van der Waals surface area contributed by atoms with Gasteiger partial charge in [0.2, 0.25) is 5.91 Å².